The van der Waals surface area contributed by atoms with E-state index < -0.39 is 42.2 Å². The van der Waals surface area contributed by atoms with E-state index in [0.717, 1.165) is 0 Å². The van der Waals surface area contributed by atoms with Crippen LogP contribution in [0.15, 0.2) is 49.1 Å². The molecule has 0 aliphatic carbocycles. The monoisotopic (exact) mass is 680 g/mol. The molecule has 0 N–H and O–H groups in total. The van der Waals surface area contributed by atoms with Crippen molar-refractivity contribution >= 4 is 91.3 Å². The minimum Gasteiger partial charge on any atom is -0.410 e. The molecule has 17 heteroatoms. The van der Waals surface area contributed by atoms with Crippen molar-refractivity contribution in [1.82, 2.24) is 0 Å². The first-order valence-electron chi connectivity index (χ1n) is 11.5. The number of hydrogen-bond acceptors (Lipinski definition) is 12. The smallest absolute Gasteiger partial charge is 0.410 e. The summed E-state index contributed by atoms with van der Waals surface area (Å²) in [6.07, 6.45) is 0. The van der Waals surface area contributed by atoms with Gasteiger partial charge in [-0.25, -0.2) is 0 Å². The van der Waals surface area contributed by atoms with Crippen LogP contribution in [0, 0.1) is 0 Å². The van der Waals surface area contributed by atoms with Crippen molar-refractivity contribution in [3.8, 4) is 0 Å². The fourth-order valence-corrected chi connectivity index (χ4v) is 25.5. The van der Waals surface area contributed by atoms with E-state index in [1.807, 2.05) is 26.2 Å². The molecule has 0 atom stereocenters. The highest BCUT2D eigenvalue weighted by molar-refractivity contribution is 8.26. The lowest BCUT2D eigenvalue weighted by Gasteiger charge is -2.46. The third-order valence-electron chi connectivity index (χ3n) is 4.57. The zero-order valence-electron chi connectivity index (χ0n) is 22.6. The molecule has 0 saturated carbocycles. The van der Waals surface area contributed by atoms with Gasteiger partial charge in [-0.3, -0.25) is 0 Å². The van der Waals surface area contributed by atoms with Crippen molar-refractivity contribution < 1.29 is 34.5 Å². The SMILES string of the molecule is C=C[Si]1(C)O[Si](C)(C=C)O[Si](C)(C=C)O[Si](C)(C=C)O1.COCS[Si](OCCS)(OCCS)OCCS. The molecule has 0 spiro atoms. The first-order valence-corrected chi connectivity index (χ1v) is 26.4. The minimum absolute atomic E-state index is 0.470. The lowest BCUT2D eigenvalue weighted by molar-refractivity contribution is 0.0986. The van der Waals surface area contributed by atoms with Crippen LogP contribution >= 0.6 is 49.1 Å². The van der Waals surface area contributed by atoms with Crippen LogP contribution in [0.25, 0.3) is 0 Å². The molecule has 0 aromatic heterocycles. The predicted molar refractivity (Wildman–Crippen MR) is 176 cm³/mol. The summed E-state index contributed by atoms with van der Waals surface area (Å²) in [6, 6.07) is 0. The lowest BCUT2D eigenvalue weighted by Crippen LogP contribution is -2.65. The van der Waals surface area contributed by atoms with Gasteiger partial charge in [-0.2, -0.15) is 37.9 Å². The zero-order chi connectivity index (χ0) is 28.6. The quantitative estimate of drug-likeness (QED) is 0.121. The molecule has 8 nitrogen and oxygen atoms in total. The molecular formula is C20H44O8S4Si5. The first kappa shape index (κ1) is 38.1. The molecule has 1 aliphatic heterocycles. The van der Waals surface area contributed by atoms with E-state index in [-0.39, 0.29) is 0 Å². The number of hydrogen-bond donors (Lipinski definition) is 3. The van der Waals surface area contributed by atoms with Crippen LogP contribution < -0.4 is 0 Å². The van der Waals surface area contributed by atoms with Gasteiger partial charge in [-0.15, -0.1) is 26.3 Å². The van der Waals surface area contributed by atoms with Gasteiger partial charge in [0, 0.05) is 44.2 Å². The molecule has 0 aromatic rings. The molecule has 1 rings (SSSR count). The first-order chi connectivity index (χ1) is 17.3. The molecule has 1 fully saturated rings. The van der Waals surface area contributed by atoms with Gasteiger partial charge in [0.25, 0.3) is 0 Å². The molecule has 0 amide bonds. The highest BCUT2D eigenvalue weighted by Gasteiger charge is 2.53. The molecule has 0 radical (unpaired) electrons. The zero-order valence-corrected chi connectivity index (χ0v) is 31.1. The summed E-state index contributed by atoms with van der Waals surface area (Å²) >= 11 is 13.8. The normalized spacial score (nSPS) is 30.3. The molecule has 216 valence electrons. The van der Waals surface area contributed by atoms with Crippen LogP contribution in [0.5, 0.6) is 0 Å². The van der Waals surface area contributed by atoms with Gasteiger partial charge in [0.2, 0.25) is 0 Å². The van der Waals surface area contributed by atoms with Crippen molar-refractivity contribution in [2.45, 2.75) is 26.2 Å². The minimum atomic E-state index is -2.73. The third-order valence-corrected chi connectivity index (χ3v) is 25.9. The second kappa shape index (κ2) is 18.5. The van der Waals surface area contributed by atoms with Crippen LogP contribution in [0.1, 0.15) is 0 Å². The molecule has 0 aromatic carbocycles. The average Bonchev–Trinajstić information content (AvgIpc) is 2.87. The van der Waals surface area contributed by atoms with Crippen LogP contribution in [-0.4, -0.2) is 92.3 Å². The third kappa shape index (κ3) is 14.0. The van der Waals surface area contributed by atoms with Crippen molar-refractivity contribution in [2.75, 3.05) is 50.1 Å². The van der Waals surface area contributed by atoms with E-state index in [0.29, 0.717) is 43.0 Å². The summed E-state index contributed by atoms with van der Waals surface area (Å²) in [5, 5.41) is 0. The Balaban J connectivity index is 0.000000712. The summed E-state index contributed by atoms with van der Waals surface area (Å²) in [4.78, 5) is 0. The standard InChI is InChI=1S/C12H24O4Si4.C8H20O4S4Si/c1-9-17(5)13-18(6,10-2)15-20(8,12-4)16-19(7,11-3)14-17;1-9-8-16-17(10-2-5-13,11-3-6-14)12-4-7-15/h9-12H,1-4H2,5-8H3;13-15H,2-8H2,1H3. The summed E-state index contributed by atoms with van der Waals surface area (Å²) < 4.78 is 47.2. The van der Waals surface area contributed by atoms with Crippen LogP contribution in [0.3, 0.4) is 0 Å². The number of methoxy groups -OCH3 is 1. The summed E-state index contributed by atoms with van der Waals surface area (Å²) in [7, 11) is -11.5. The number of rotatable bonds is 16. The maximum Gasteiger partial charge on any atom is 0.575 e. The van der Waals surface area contributed by atoms with Gasteiger partial charge in [-0.1, -0.05) is 34.0 Å². The summed E-state index contributed by atoms with van der Waals surface area (Å²) in [5.74, 6) is 2.34. The Morgan fingerprint density at radius 1 is 0.649 bits per heavy atom. The maximum absolute atomic E-state index is 6.25. The Hall–Kier alpha value is 1.12. The fourth-order valence-electron chi connectivity index (χ4n) is 2.92. The van der Waals surface area contributed by atoms with E-state index in [1.165, 1.54) is 11.2 Å². The average molecular weight is 681 g/mol. The highest BCUT2D eigenvalue weighted by atomic mass is 32.4. The summed E-state index contributed by atoms with van der Waals surface area (Å²) in [5.41, 5.74) is 7.01. The molecular weight excluding hydrogens is 637 g/mol. The van der Waals surface area contributed by atoms with E-state index in [2.05, 4.69) is 64.2 Å². The van der Waals surface area contributed by atoms with E-state index >= 15 is 0 Å². The molecule has 0 unspecified atom stereocenters. The Morgan fingerprint density at radius 2 is 0.919 bits per heavy atom. The Morgan fingerprint density at radius 3 is 1.11 bits per heavy atom. The molecule has 1 aliphatic rings. The van der Waals surface area contributed by atoms with Crippen LogP contribution in [-0.2, 0) is 34.5 Å². The highest BCUT2D eigenvalue weighted by Crippen LogP contribution is 2.32. The van der Waals surface area contributed by atoms with Crippen LogP contribution in [0.4, 0.5) is 0 Å². The summed E-state index contributed by atoms with van der Waals surface area (Å²) in [6.45, 7) is 24.6. The number of ether oxygens (including phenoxy) is 1. The fraction of sp³-hybridized carbons (Fsp3) is 0.600. The van der Waals surface area contributed by atoms with E-state index in [1.54, 1.807) is 29.9 Å². The topological polar surface area (TPSA) is 73.8 Å². The van der Waals surface area contributed by atoms with Crippen molar-refractivity contribution in [1.29, 1.82) is 0 Å². The van der Waals surface area contributed by atoms with Gasteiger partial charge < -0.3 is 34.5 Å². The second-order valence-electron chi connectivity index (χ2n) is 8.06. The Bertz CT molecular complexity index is 599. The van der Waals surface area contributed by atoms with E-state index in [9.17, 15) is 0 Å². The maximum atomic E-state index is 6.25. The van der Waals surface area contributed by atoms with Gasteiger partial charge in [0.15, 0.2) is 0 Å². The Labute approximate surface area is 249 Å². The number of thiol groups is 3. The van der Waals surface area contributed by atoms with Crippen molar-refractivity contribution in [2.24, 2.45) is 0 Å². The van der Waals surface area contributed by atoms with Crippen molar-refractivity contribution in [3.63, 3.8) is 0 Å². The van der Waals surface area contributed by atoms with Gasteiger partial charge >= 0.3 is 42.2 Å². The predicted octanol–water partition coefficient (Wildman–Crippen LogP) is 4.85. The largest absolute Gasteiger partial charge is 0.575 e. The van der Waals surface area contributed by atoms with Gasteiger partial charge in [0.05, 0.1) is 5.94 Å². The molecule has 37 heavy (non-hydrogen) atoms. The molecule has 1 heterocycles. The second-order valence-corrected chi connectivity index (χ2v) is 27.2. The van der Waals surface area contributed by atoms with Crippen molar-refractivity contribution in [3.05, 3.63) is 49.1 Å². The molecule has 0 bridgehead atoms. The Kier molecular flexibility index (Phi) is 19.1. The van der Waals surface area contributed by atoms with Crippen LogP contribution in [0.2, 0.25) is 26.2 Å². The molecule has 1 saturated heterocycles. The van der Waals surface area contributed by atoms with E-state index in [4.69, 9.17) is 34.5 Å². The van der Waals surface area contributed by atoms with Gasteiger partial charge in [-0.05, 0) is 26.2 Å². The lowest BCUT2D eigenvalue weighted by atomic mass is 10.9. The van der Waals surface area contributed by atoms with Gasteiger partial charge in [0.1, 0.15) is 0 Å².